The Balaban J connectivity index is 2.52. The highest BCUT2D eigenvalue weighted by molar-refractivity contribution is 9.10. The van der Waals surface area contributed by atoms with Crippen LogP contribution in [0.4, 0.5) is 0 Å². The number of aliphatic hydroxyl groups excluding tert-OH is 2. The van der Waals surface area contributed by atoms with Crippen LogP contribution in [0.25, 0.3) is 0 Å². The second-order valence-corrected chi connectivity index (χ2v) is 4.80. The number of halogens is 1. The Labute approximate surface area is 115 Å². The lowest BCUT2D eigenvalue weighted by Gasteiger charge is -2.19. The number of Topliss-reactive ketones (excluding diaryl/α,β-unsaturated/α-hetero) is 1. The summed E-state index contributed by atoms with van der Waals surface area (Å²) in [6.07, 6.45) is 0.378. The van der Waals surface area contributed by atoms with Crippen LogP contribution >= 0.6 is 15.9 Å². The average molecular weight is 316 g/mol. The number of hydrogen-bond donors (Lipinski definition) is 2. The van der Waals surface area contributed by atoms with Gasteiger partial charge in [-0.3, -0.25) is 9.69 Å². The quantitative estimate of drug-likeness (QED) is 0.710. The van der Waals surface area contributed by atoms with Gasteiger partial charge in [0.2, 0.25) is 0 Å². The van der Waals surface area contributed by atoms with E-state index in [1.807, 2.05) is 23.1 Å². The largest absolute Gasteiger partial charge is 0.395 e. The Hall–Kier alpha value is -0.750. The molecule has 0 heterocycles. The number of hydrogen-bond acceptors (Lipinski definition) is 4. The first-order chi connectivity index (χ1) is 8.69. The predicted octanol–water partition coefficient (Wildman–Crippen LogP) is 1.31. The lowest BCUT2D eigenvalue weighted by Crippen LogP contribution is -2.32. The Morgan fingerprint density at radius 1 is 1.11 bits per heavy atom. The monoisotopic (exact) mass is 315 g/mol. The SMILES string of the molecule is O=C(CCN(CCO)CCO)c1ccccc1Br. The molecule has 0 saturated carbocycles. The van der Waals surface area contributed by atoms with E-state index in [-0.39, 0.29) is 19.0 Å². The van der Waals surface area contributed by atoms with Gasteiger partial charge in [-0.1, -0.05) is 34.1 Å². The van der Waals surface area contributed by atoms with Gasteiger partial charge >= 0.3 is 0 Å². The maximum atomic E-state index is 12.0. The molecule has 2 N–H and O–H groups in total. The van der Waals surface area contributed by atoms with Crippen LogP contribution in [-0.4, -0.2) is 53.7 Å². The summed E-state index contributed by atoms with van der Waals surface area (Å²) in [6, 6.07) is 7.32. The fourth-order valence-electron chi connectivity index (χ4n) is 1.70. The molecule has 0 aliphatic heterocycles. The molecule has 0 bridgehead atoms. The third kappa shape index (κ3) is 4.86. The minimum atomic E-state index is 0.0310. The van der Waals surface area contributed by atoms with Gasteiger partial charge in [0.15, 0.2) is 5.78 Å². The van der Waals surface area contributed by atoms with Gasteiger partial charge in [0, 0.05) is 36.1 Å². The number of carbonyl (C=O) groups is 1. The molecule has 1 rings (SSSR count). The molecular formula is C13H18BrNO3. The van der Waals surface area contributed by atoms with E-state index in [1.54, 1.807) is 6.07 Å². The summed E-state index contributed by atoms with van der Waals surface area (Å²) >= 11 is 3.35. The molecule has 5 heteroatoms. The van der Waals surface area contributed by atoms with E-state index in [0.717, 1.165) is 4.47 Å². The van der Waals surface area contributed by atoms with Crippen molar-refractivity contribution in [1.29, 1.82) is 0 Å². The number of nitrogens with zero attached hydrogens (tertiary/aromatic N) is 1. The van der Waals surface area contributed by atoms with Gasteiger partial charge in [-0.15, -0.1) is 0 Å². The van der Waals surface area contributed by atoms with Crippen molar-refractivity contribution in [3.63, 3.8) is 0 Å². The highest BCUT2D eigenvalue weighted by atomic mass is 79.9. The Bertz CT molecular complexity index is 378. The third-order valence-electron chi connectivity index (χ3n) is 2.66. The molecule has 0 amide bonds. The van der Waals surface area contributed by atoms with Crippen LogP contribution in [0, 0.1) is 0 Å². The lowest BCUT2D eigenvalue weighted by atomic mass is 10.1. The molecule has 18 heavy (non-hydrogen) atoms. The average Bonchev–Trinajstić information content (AvgIpc) is 2.36. The molecule has 1 aromatic rings. The van der Waals surface area contributed by atoms with E-state index in [0.29, 0.717) is 31.6 Å². The van der Waals surface area contributed by atoms with Gasteiger partial charge in [-0.2, -0.15) is 0 Å². The van der Waals surface area contributed by atoms with Crippen LogP contribution < -0.4 is 0 Å². The minimum absolute atomic E-state index is 0.0310. The molecule has 0 spiro atoms. The summed E-state index contributed by atoms with van der Waals surface area (Å²) in [5.74, 6) is 0.0587. The van der Waals surface area contributed by atoms with Gasteiger partial charge in [0.1, 0.15) is 0 Å². The van der Waals surface area contributed by atoms with Crippen molar-refractivity contribution in [2.75, 3.05) is 32.8 Å². The molecule has 0 saturated heterocycles. The molecule has 1 aromatic carbocycles. The van der Waals surface area contributed by atoms with E-state index in [2.05, 4.69) is 15.9 Å². The smallest absolute Gasteiger partial charge is 0.165 e. The molecule has 0 aliphatic rings. The fraction of sp³-hybridized carbons (Fsp3) is 0.462. The summed E-state index contributed by atoms with van der Waals surface area (Å²) < 4.78 is 0.797. The molecule has 0 atom stereocenters. The highest BCUT2D eigenvalue weighted by Gasteiger charge is 2.11. The number of benzene rings is 1. The van der Waals surface area contributed by atoms with Crippen LogP contribution in [0.15, 0.2) is 28.7 Å². The van der Waals surface area contributed by atoms with E-state index in [9.17, 15) is 4.79 Å². The summed E-state index contributed by atoms with van der Waals surface area (Å²) in [7, 11) is 0. The third-order valence-corrected chi connectivity index (χ3v) is 3.35. The van der Waals surface area contributed by atoms with E-state index in [1.165, 1.54) is 0 Å². The van der Waals surface area contributed by atoms with Crippen molar-refractivity contribution >= 4 is 21.7 Å². The Kier molecular flexibility index (Phi) is 7.12. The maximum Gasteiger partial charge on any atom is 0.165 e. The van der Waals surface area contributed by atoms with Crippen molar-refractivity contribution in [3.05, 3.63) is 34.3 Å². The highest BCUT2D eigenvalue weighted by Crippen LogP contribution is 2.17. The first kappa shape index (κ1) is 15.3. The topological polar surface area (TPSA) is 60.8 Å². The van der Waals surface area contributed by atoms with Crippen molar-refractivity contribution in [3.8, 4) is 0 Å². The predicted molar refractivity (Wildman–Crippen MR) is 73.7 cm³/mol. The standard InChI is InChI=1S/C13H18BrNO3/c14-12-4-2-1-3-11(12)13(18)5-6-15(7-9-16)8-10-17/h1-4,16-17H,5-10H2. The lowest BCUT2D eigenvalue weighted by molar-refractivity contribution is 0.0946. The molecule has 0 radical (unpaired) electrons. The van der Waals surface area contributed by atoms with Crippen LogP contribution in [0.3, 0.4) is 0 Å². The Morgan fingerprint density at radius 2 is 1.72 bits per heavy atom. The molecular weight excluding hydrogens is 298 g/mol. The van der Waals surface area contributed by atoms with Crippen molar-refractivity contribution in [1.82, 2.24) is 4.90 Å². The normalized spacial score (nSPS) is 10.9. The van der Waals surface area contributed by atoms with E-state index < -0.39 is 0 Å². The second-order valence-electron chi connectivity index (χ2n) is 3.94. The van der Waals surface area contributed by atoms with Crippen LogP contribution in [0.1, 0.15) is 16.8 Å². The molecule has 0 aliphatic carbocycles. The number of carbonyl (C=O) groups excluding carboxylic acids is 1. The number of aliphatic hydroxyl groups is 2. The van der Waals surface area contributed by atoms with Gasteiger partial charge in [0.25, 0.3) is 0 Å². The van der Waals surface area contributed by atoms with Gasteiger partial charge in [-0.05, 0) is 6.07 Å². The zero-order valence-corrected chi connectivity index (χ0v) is 11.8. The molecule has 0 aromatic heterocycles. The van der Waals surface area contributed by atoms with E-state index >= 15 is 0 Å². The van der Waals surface area contributed by atoms with Crippen molar-refractivity contribution < 1.29 is 15.0 Å². The van der Waals surface area contributed by atoms with Crippen molar-refractivity contribution in [2.24, 2.45) is 0 Å². The second kappa shape index (κ2) is 8.37. The summed E-state index contributed by atoms with van der Waals surface area (Å²) in [5.41, 5.74) is 0.672. The first-order valence-corrected chi connectivity index (χ1v) is 6.70. The van der Waals surface area contributed by atoms with Gasteiger partial charge < -0.3 is 10.2 Å². The number of rotatable bonds is 8. The molecule has 0 unspecified atom stereocenters. The Morgan fingerprint density at radius 3 is 2.28 bits per heavy atom. The zero-order chi connectivity index (χ0) is 13.4. The molecule has 100 valence electrons. The zero-order valence-electron chi connectivity index (χ0n) is 10.2. The van der Waals surface area contributed by atoms with E-state index in [4.69, 9.17) is 10.2 Å². The van der Waals surface area contributed by atoms with Gasteiger partial charge in [0.05, 0.1) is 13.2 Å². The maximum absolute atomic E-state index is 12.0. The molecule has 0 fully saturated rings. The first-order valence-electron chi connectivity index (χ1n) is 5.91. The summed E-state index contributed by atoms with van der Waals surface area (Å²) in [4.78, 5) is 13.9. The van der Waals surface area contributed by atoms with Crippen LogP contribution in [0.2, 0.25) is 0 Å². The van der Waals surface area contributed by atoms with Gasteiger partial charge in [-0.25, -0.2) is 0 Å². The number of ketones is 1. The summed E-state index contributed by atoms with van der Waals surface area (Å²) in [5, 5.41) is 17.7. The molecule has 4 nitrogen and oxygen atoms in total. The summed E-state index contributed by atoms with van der Waals surface area (Å²) in [6.45, 7) is 1.56. The fourth-order valence-corrected chi connectivity index (χ4v) is 2.21. The minimum Gasteiger partial charge on any atom is -0.395 e. The van der Waals surface area contributed by atoms with Crippen molar-refractivity contribution in [2.45, 2.75) is 6.42 Å². The van der Waals surface area contributed by atoms with Crippen LogP contribution in [-0.2, 0) is 0 Å². The van der Waals surface area contributed by atoms with Crippen LogP contribution in [0.5, 0.6) is 0 Å².